The van der Waals surface area contributed by atoms with E-state index in [-0.39, 0.29) is 11.9 Å². The first-order valence-corrected chi connectivity index (χ1v) is 7.79. The standard InChI is InChI=1S/C14H16BrClN2O/c15-12-7-10(16)1-2-11(12)14(19)17-13-8-18-5-3-9(13)4-6-18/h1-2,7,9,13H,3-6,8H2,(H,17,19). The maximum absolute atomic E-state index is 12.3. The number of rotatable bonds is 2. The van der Waals surface area contributed by atoms with Gasteiger partial charge in [0, 0.05) is 22.1 Å². The van der Waals surface area contributed by atoms with Gasteiger partial charge in [0.2, 0.25) is 0 Å². The van der Waals surface area contributed by atoms with E-state index in [0.29, 0.717) is 16.5 Å². The Bertz CT molecular complexity index is 500. The lowest BCUT2D eigenvalue weighted by atomic mass is 9.84. The van der Waals surface area contributed by atoms with Crippen molar-refractivity contribution in [2.45, 2.75) is 18.9 Å². The van der Waals surface area contributed by atoms with Crippen LogP contribution in [0.15, 0.2) is 22.7 Å². The third kappa shape index (κ3) is 2.81. The van der Waals surface area contributed by atoms with E-state index in [1.54, 1.807) is 18.2 Å². The largest absolute Gasteiger partial charge is 0.348 e. The molecule has 0 saturated carbocycles. The molecule has 1 N–H and O–H groups in total. The van der Waals surface area contributed by atoms with Crippen LogP contribution in [0.3, 0.4) is 0 Å². The van der Waals surface area contributed by atoms with E-state index in [4.69, 9.17) is 11.6 Å². The fourth-order valence-corrected chi connectivity index (χ4v) is 3.91. The summed E-state index contributed by atoms with van der Waals surface area (Å²) in [7, 11) is 0. The van der Waals surface area contributed by atoms with Crippen LogP contribution in [0.25, 0.3) is 0 Å². The molecule has 3 nitrogen and oxygen atoms in total. The summed E-state index contributed by atoms with van der Waals surface area (Å²) in [5, 5.41) is 3.80. The zero-order valence-electron chi connectivity index (χ0n) is 10.5. The first-order valence-electron chi connectivity index (χ1n) is 6.62. The highest BCUT2D eigenvalue weighted by molar-refractivity contribution is 9.10. The molecule has 1 aromatic carbocycles. The van der Waals surface area contributed by atoms with Gasteiger partial charge in [-0.15, -0.1) is 0 Å². The molecule has 0 spiro atoms. The molecule has 1 aromatic rings. The number of nitrogens with zero attached hydrogens (tertiary/aromatic N) is 1. The van der Waals surface area contributed by atoms with Gasteiger partial charge < -0.3 is 10.2 Å². The van der Waals surface area contributed by atoms with Crippen LogP contribution in [-0.2, 0) is 0 Å². The first-order chi connectivity index (χ1) is 9.13. The van der Waals surface area contributed by atoms with Crippen molar-refractivity contribution in [2.75, 3.05) is 19.6 Å². The minimum atomic E-state index is -0.0118. The molecule has 1 atom stereocenters. The van der Waals surface area contributed by atoms with Gasteiger partial charge in [0.25, 0.3) is 5.91 Å². The third-order valence-electron chi connectivity index (χ3n) is 4.15. The zero-order valence-corrected chi connectivity index (χ0v) is 12.9. The Morgan fingerprint density at radius 2 is 2.11 bits per heavy atom. The van der Waals surface area contributed by atoms with Crippen molar-refractivity contribution in [1.29, 1.82) is 0 Å². The molecule has 19 heavy (non-hydrogen) atoms. The number of carbonyl (C=O) groups is 1. The predicted molar refractivity (Wildman–Crippen MR) is 79.6 cm³/mol. The monoisotopic (exact) mass is 342 g/mol. The van der Waals surface area contributed by atoms with Gasteiger partial charge in [0.15, 0.2) is 0 Å². The van der Waals surface area contributed by atoms with Crippen molar-refractivity contribution in [1.82, 2.24) is 10.2 Å². The van der Waals surface area contributed by atoms with E-state index in [9.17, 15) is 4.79 Å². The van der Waals surface area contributed by atoms with Crippen molar-refractivity contribution in [2.24, 2.45) is 5.92 Å². The summed E-state index contributed by atoms with van der Waals surface area (Å²) in [6, 6.07) is 5.56. The van der Waals surface area contributed by atoms with E-state index in [2.05, 4.69) is 26.1 Å². The van der Waals surface area contributed by atoms with E-state index < -0.39 is 0 Å². The maximum atomic E-state index is 12.3. The number of nitrogens with one attached hydrogen (secondary N) is 1. The molecule has 3 aliphatic rings. The Kier molecular flexibility index (Phi) is 3.83. The average Bonchev–Trinajstić information content (AvgIpc) is 2.39. The molecule has 0 aliphatic carbocycles. The van der Waals surface area contributed by atoms with Crippen LogP contribution in [0, 0.1) is 5.92 Å². The highest BCUT2D eigenvalue weighted by Gasteiger charge is 2.35. The number of fused-ring (bicyclic) bond motifs is 3. The summed E-state index contributed by atoms with van der Waals surface area (Å²) in [5.41, 5.74) is 0.654. The summed E-state index contributed by atoms with van der Waals surface area (Å²) < 4.78 is 0.749. The lowest BCUT2D eigenvalue weighted by Gasteiger charge is -2.44. The zero-order chi connectivity index (χ0) is 13.4. The van der Waals surface area contributed by atoms with Crippen molar-refractivity contribution < 1.29 is 4.79 Å². The Morgan fingerprint density at radius 3 is 2.68 bits per heavy atom. The van der Waals surface area contributed by atoms with Crippen molar-refractivity contribution >= 4 is 33.4 Å². The average molecular weight is 344 g/mol. The Balaban J connectivity index is 1.71. The lowest BCUT2D eigenvalue weighted by molar-refractivity contribution is 0.0620. The number of halogens is 2. The molecule has 1 unspecified atom stereocenters. The molecule has 5 heteroatoms. The van der Waals surface area contributed by atoms with Crippen molar-refractivity contribution in [3.05, 3.63) is 33.3 Å². The van der Waals surface area contributed by atoms with Gasteiger partial charge in [-0.25, -0.2) is 0 Å². The van der Waals surface area contributed by atoms with Gasteiger partial charge in [0.1, 0.15) is 0 Å². The molecule has 3 fully saturated rings. The highest BCUT2D eigenvalue weighted by atomic mass is 79.9. The quantitative estimate of drug-likeness (QED) is 0.895. The molecule has 3 saturated heterocycles. The second kappa shape index (κ2) is 5.43. The van der Waals surface area contributed by atoms with Gasteiger partial charge in [-0.1, -0.05) is 11.6 Å². The van der Waals surface area contributed by atoms with Crippen LogP contribution < -0.4 is 5.32 Å². The number of hydrogen-bond acceptors (Lipinski definition) is 2. The van der Waals surface area contributed by atoms with Crippen molar-refractivity contribution in [3.63, 3.8) is 0 Å². The second-order valence-electron chi connectivity index (χ2n) is 5.34. The molecule has 102 valence electrons. The molecular weight excluding hydrogens is 328 g/mol. The van der Waals surface area contributed by atoms with Crippen LogP contribution in [0.1, 0.15) is 23.2 Å². The third-order valence-corrected chi connectivity index (χ3v) is 5.04. The van der Waals surface area contributed by atoms with Gasteiger partial charge in [-0.3, -0.25) is 4.79 Å². The maximum Gasteiger partial charge on any atom is 0.252 e. The first kappa shape index (κ1) is 13.4. The fourth-order valence-electron chi connectivity index (χ4n) is 3.05. The fraction of sp³-hybridized carbons (Fsp3) is 0.500. The Labute approximate surface area is 126 Å². The SMILES string of the molecule is O=C(NC1CN2CCC1CC2)c1ccc(Cl)cc1Br. The summed E-state index contributed by atoms with van der Waals surface area (Å²) in [6.07, 6.45) is 2.40. The molecule has 3 aliphatic heterocycles. The van der Waals surface area contributed by atoms with Crippen molar-refractivity contribution in [3.8, 4) is 0 Å². The van der Waals surface area contributed by atoms with E-state index in [1.165, 1.54) is 25.9 Å². The van der Waals surface area contributed by atoms with Gasteiger partial charge in [0.05, 0.1) is 5.56 Å². The molecule has 0 radical (unpaired) electrons. The minimum Gasteiger partial charge on any atom is -0.348 e. The van der Waals surface area contributed by atoms with Gasteiger partial charge in [-0.2, -0.15) is 0 Å². The Morgan fingerprint density at radius 1 is 1.37 bits per heavy atom. The van der Waals surface area contributed by atoms with E-state index >= 15 is 0 Å². The van der Waals surface area contributed by atoms with Crippen LogP contribution in [-0.4, -0.2) is 36.5 Å². The predicted octanol–water partition coefficient (Wildman–Crippen LogP) is 2.93. The molecule has 3 heterocycles. The number of amides is 1. The molecule has 2 bridgehead atoms. The summed E-state index contributed by atoms with van der Waals surface area (Å²) in [5.74, 6) is 0.627. The number of benzene rings is 1. The second-order valence-corrected chi connectivity index (χ2v) is 6.63. The van der Waals surface area contributed by atoms with Crippen LogP contribution in [0.2, 0.25) is 5.02 Å². The minimum absolute atomic E-state index is 0.0118. The molecule has 0 aromatic heterocycles. The summed E-state index contributed by atoms with van der Waals surface area (Å²) in [6.45, 7) is 3.35. The van der Waals surface area contributed by atoms with Gasteiger partial charge >= 0.3 is 0 Å². The smallest absolute Gasteiger partial charge is 0.252 e. The van der Waals surface area contributed by atoms with E-state index in [1.807, 2.05) is 0 Å². The lowest BCUT2D eigenvalue weighted by Crippen LogP contribution is -2.57. The summed E-state index contributed by atoms with van der Waals surface area (Å²) in [4.78, 5) is 14.8. The van der Waals surface area contributed by atoms with Gasteiger partial charge in [-0.05, 0) is 66.0 Å². The Hall–Kier alpha value is -0.580. The number of piperidine rings is 3. The number of carbonyl (C=O) groups excluding carboxylic acids is 1. The topological polar surface area (TPSA) is 32.3 Å². The molecule has 4 rings (SSSR count). The highest BCUT2D eigenvalue weighted by Crippen LogP contribution is 2.28. The van der Waals surface area contributed by atoms with Crippen LogP contribution in [0.4, 0.5) is 0 Å². The normalized spacial score (nSPS) is 29.3. The van der Waals surface area contributed by atoms with Crippen LogP contribution in [0.5, 0.6) is 0 Å². The number of hydrogen-bond donors (Lipinski definition) is 1. The molecular formula is C14H16BrClN2O. The van der Waals surface area contributed by atoms with E-state index in [0.717, 1.165) is 11.0 Å². The molecule has 1 amide bonds. The summed E-state index contributed by atoms with van der Waals surface area (Å²) >= 11 is 9.29. The van der Waals surface area contributed by atoms with Crippen LogP contribution >= 0.6 is 27.5 Å².